The van der Waals surface area contributed by atoms with E-state index in [1.165, 1.54) is 417 Å². The van der Waals surface area contributed by atoms with Gasteiger partial charge in [-0.3, -0.25) is 9.59 Å². The fraction of sp³-hybridized carbons (Fsp3) is 0.931. The lowest BCUT2D eigenvalue weighted by Gasteiger charge is -2.22. The lowest BCUT2D eigenvalue weighted by molar-refractivity contribution is -0.143. The first-order chi connectivity index (χ1) is 46.0. The van der Waals surface area contributed by atoms with Gasteiger partial charge in [0, 0.05) is 12.8 Å². The number of esters is 1. The maximum absolute atomic E-state index is 12.6. The summed E-state index contributed by atoms with van der Waals surface area (Å²) in [7, 11) is 0. The molecule has 0 aliphatic rings. The molecule has 93 heavy (non-hydrogen) atoms. The molecule has 6 nitrogen and oxygen atoms in total. The van der Waals surface area contributed by atoms with E-state index < -0.39 is 12.1 Å². The Morgan fingerprint density at radius 2 is 0.505 bits per heavy atom. The zero-order valence-electron chi connectivity index (χ0n) is 63.5. The van der Waals surface area contributed by atoms with Crippen LogP contribution in [0.4, 0.5) is 0 Å². The van der Waals surface area contributed by atoms with Gasteiger partial charge in [0.05, 0.1) is 25.4 Å². The first-order valence-electron chi connectivity index (χ1n) is 43.1. The number of hydrogen-bond acceptors (Lipinski definition) is 5. The Morgan fingerprint density at radius 3 is 0.763 bits per heavy atom. The molecule has 0 fully saturated rings. The third kappa shape index (κ3) is 79.2. The minimum atomic E-state index is -0.663. The molecule has 0 aromatic heterocycles. The third-order valence-electron chi connectivity index (χ3n) is 20.5. The number of aliphatic hydroxyl groups is 2. The third-order valence-corrected chi connectivity index (χ3v) is 20.5. The number of ether oxygens (including phenoxy) is 1. The van der Waals surface area contributed by atoms with E-state index >= 15 is 0 Å². The van der Waals surface area contributed by atoms with Crippen molar-refractivity contribution >= 4 is 11.9 Å². The number of carbonyl (C=O) groups is 2. The Labute approximate surface area is 583 Å². The summed E-state index contributed by atoms with van der Waals surface area (Å²) in [5.74, 6) is -0.00700. The average Bonchev–Trinajstić information content (AvgIpc) is 3.78. The number of nitrogens with one attached hydrogen (secondary N) is 1. The number of hydrogen-bond donors (Lipinski definition) is 3. The number of amides is 1. The van der Waals surface area contributed by atoms with Gasteiger partial charge in [-0.05, 0) is 77.0 Å². The fourth-order valence-corrected chi connectivity index (χ4v) is 13.9. The van der Waals surface area contributed by atoms with Gasteiger partial charge in [-0.15, -0.1) is 0 Å². The van der Waals surface area contributed by atoms with Gasteiger partial charge in [0.25, 0.3) is 0 Å². The molecule has 0 radical (unpaired) electrons. The Morgan fingerprint density at radius 1 is 0.290 bits per heavy atom. The summed E-state index contributed by atoms with van der Waals surface area (Å²) >= 11 is 0. The molecular formula is C87H169NO5. The number of aliphatic hydroxyl groups excluding tert-OH is 2. The normalized spacial score (nSPS) is 12.5. The molecule has 0 aliphatic heterocycles. The Hall–Kier alpha value is -1.66. The van der Waals surface area contributed by atoms with Crippen molar-refractivity contribution in [1.82, 2.24) is 5.32 Å². The van der Waals surface area contributed by atoms with Crippen molar-refractivity contribution in [2.75, 3.05) is 13.2 Å². The van der Waals surface area contributed by atoms with E-state index in [4.69, 9.17) is 4.74 Å². The van der Waals surface area contributed by atoms with Crippen molar-refractivity contribution in [2.45, 2.75) is 508 Å². The molecule has 0 saturated carbocycles. The molecule has 6 heteroatoms. The van der Waals surface area contributed by atoms with Crippen molar-refractivity contribution in [2.24, 2.45) is 0 Å². The van der Waals surface area contributed by atoms with Gasteiger partial charge in [-0.25, -0.2) is 0 Å². The summed E-state index contributed by atoms with van der Waals surface area (Å²) in [6.07, 6.45) is 107. The van der Waals surface area contributed by atoms with Crippen LogP contribution in [-0.4, -0.2) is 47.4 Å². The summed E-state index contributed by atoms with van der Waals surface area (Å²) in [6.45, 7) is 5.01. The van der Waals surface area contributed by atoms with Crippen LogP contribution in [0.2, 0.25) is 0 Å². The van der Waals surface area contributed by atoms with Crippen molar-refractivity contribution in [3.05, 3.63) is 24.3 Å². The fourth-order valence-electron chi connectivity index (χ4n) is 13.9. The molecule has 0 aliphatic carbocycles. The molecule has 3 N–H and O–H groups in total. The maximum Gasteiger partial charge on any atom is 0.305 e. The summed E-state index contributed by atoms with van der Waals surface area (Å²) in [6, 6.07) is -0.540. The molecule has 2 atom stereocenters. The molecule has 0 saturated heterocycles. The first-order valence-corrected chi connectivity index (χ1v) is 43.1. The first kappa shape index (κ1) is 91.3. The minimum Gasteiger partial charge on any atom is -0.466 e. The topological polar surface area (TPSA) is 95.9 Å². The smallest absolute Gasteiger partial charge is 0.305 e. The van der Waals surface area contributed by atoms with Gasteiger partial charge < -0.3 is 20.3 Å². The van der Waals surface area contributed by atoms with Crippen LogP contribution in [0.5, 0.6) is 0 Å². The molecule has 0 heterocycles. The zero-order chi connectivity index (χ0) is 67.0. The number of allylic oxidation sites excluding steroid dienone is 4. The highest BCUT2D eigenvalue weighted by molar-refractivity contribution is 5.76. The second kappa shape index (κ2) is 82.8. The second-order valence-corrected chi connectivity index (χ2v) is 29.9. The van der Waals surface area contributed by atoms with Gasteiger partial charge in [0.1, 0.15) is 0 Å². The van der Waals surface area contributed by atoms with E-state index in [9.17, 15) is 19.8 Å². The highest BCUT2D eigenvalue weighted by atomic mass is 16.5. The van der Waals surface area contributed by atoms with Crippen LogP contribution in [0.1, 0.15) is 495 Å². The lowest BCUT2D eigenvalue weighted by Crippen LogP contribution is -2.45. The van der Waals surface area contributed by atoms with Gasteiger partial charge in [-0.1, -0.05) is 430 Å². The van der Waals surface area contributed by atoms with Crippen LogP contribution < -0.4 is 5.32 Å². The van der Waals surface area contributed by atoms with E-state index in [0.717, 1.165) is 44.9 Å². The maximum atomic E-state index is 12.6. The molecule has 1 amide bonds. The van der Waals surface area contributed by atoms with Crippen LogP contribution in [0.15, 0.2) is 24.3 Å². The number of carbonyl (C=O) groups excluding carboxylic acids is 2. The molecule has 0 aromatic carbocycles. The molecule has 0 spiro atoms. The lowest BCUT2D eigenvalue weighted by atomic mass is 10.0. The van der Waals surface area contributed by atoms with Crippen LogP contribution in [0, 0.1) is 0 Å². The van der Waals surface area contributed by atoms with Gasteiger partial charge >= 0.3 is 5.97 Å². The van der Waals surface area contributed by atoms with Gasteiger partial charge in [0.15, 0.2) is 0 Å². The molecule has 0 rings (SSSR count). The summed E-state index contributed by atoms with van der Waals surface area (Å²) in [5.41, 5.74) is 0. The average molecular weight is 1310 g/mol. The van der Waals surface area contributed by atoms with Crippen LogP contribution >= 0.6 is 0 Å². The summed E-state index contributed by atoms with van der Waals surface area (Å²) < 4.78 is 5.51. The van der Waals surface area contributed by atoms with Crippen molar-refractivity contribution < 1.29 is 24.5 Å². The quantitative estimate of drug-likeness (QED) is 0.0320. The summed E-state index contributed by atoms with van der Waals surface area (Å²) in [4.78, 5) is 24.7. The number of unbranched alkanes of at least 4 members (excludes halogenated alkanes) is 67. The van der Waals surface area contributed by atoms with Gasteiger partial charge in [-0.2, -0.15) is 0 Å². The van der Waals surface area contributed by atoms with E-state index in [-0.39, 0.29) is 18.5 Å². The highest BCUT2D eigenvalue weighted by Gasteiger charge is 2.20. The van der Waals surface area contributed by atoms with E-state index in [1.54, 1.807) is 0 Å². The van der Waals surface area contributed by atoms with E-state index in [0.29, 0.717) is 25.9 Å². The molecule has 0 aromatic rings. The van der Waals surface area contributed by atoms with Crippen molar-refractivity contribution in [3.63, 3.8) is 0 Å². The molecule has 2 unspecified atom stereocenters. The molecule has 552 valence electrons. The van der Waals surface area contributed by atoms with Crippen molar-refractivity contribution in [1.29, 1.82) is 0 Å². The Bertz CT molecular complexity index is 1460. The van der Waals surface area contributed by atoms with E-state index in [1.807, 2.05) is 0 Å². The SMILES string of the molecule is CCCCCCCC/C=C\CCCCCCCCCC(=O)OCCCCCCCCCCCCCCCC/C=C\CCCCCCCCCCCCCCCCCCCC(=O)NC(CO)C(O)CCCCCCCCCCCCCCCCCCCCCCCCCC. The Balaban J connectivity index is 3.34. The molecular weight excluding hydrogens is 1140 g/mol. The zero-order valence-corrected chi connectivity index (χ0v) is 63.5. The van der Waals surface area contributed by atoms with Crippen LogP contribution in [0.3, 0.4) is 0 Å². The van der Waals surface area contributed by atoms with Crippen LogP contribution in [0.25, 0.3) is 0 Å². The van der Waals surface area contributed by atoms with Gasteiger partial charge in [0.2, 0.25) is 5.91 Å². The second-order valence-electron chi connectivity index (χ2n) is 29.9. The minimum absolute atomic E-state index is 0.0181. The molecule has 0 bridgehead atoms. The predicted octanol–water partition coefficient (Wildman–Crippen LogP) is 28.8. The monoisotopic (exact) mass is 1310 g/mol. The summed E-state index contributed by atoms with van der Waals surface area (Å²) in [5, 5.41) is 23.5. The Kier molecular flexibility index (Phi) is 81.3. The number of rotatable bonds is 82. The predicted molar refractivity (Wildman–Crippen MR) is 412 cm³/mol. The highest BCUT2D eigenvalue weighted by Crippen LogP contribution is 2.21. The van der Waals surface area contributed by atoms with E-state index in [2.05, 4.69) is 43.5 Å². The van der Waals surface area contributed by atoms with Crippen molar-refractivity contribution in [3.8, 4) is 0 Å². The largest absolute Gasteiger partial charge is 0.466 e. The van der Waals surface area contributed by atoms with Crippen LogP contribution in [-0.2, 0) is 14.3 Å². The standard InChI is InChI=1S/C87H169NO5/c1-3-5-7-9-11-13-15-17-19-21-22-23-24-38-41-44-48-51-55-59-63-67-71-75-79-85(90)84(83-89)88-86(91)80-76-72-68-64-60-56-52-49-45-42-39-36-34-32-30-28-26-25-27-29-31-33-35-37-40-43-46-50-54-58-62-66-70-74-78-82-93-87(92)81-77-73-69-65-61-57-53-47-20-18-16-14-12-10-8-6-4-2/h18,20,27,29,84-85,89-90H,3-17,19,21-26,28,30-83H2,1-2H3,(H,88,91)/b20-18-,29-27-.